The Kier molecular flexibility index (Phi) is 3.67. The molecule has 0 fully saturated rings. The Balaban J connectivity index is 4.15. The van der Waals surface area contributed by atoms with Crippen LogP contribution in [0, 0.1) is 5.92 Å². The molecule has 0 spiro atoms. The van der Waals surface area contributed by atoms with E-state index in [1.54, 1.807) is 6.92 Å². The molecule has 4 nitrogen and oxygen atoms in total. The van der Waals surface area contributed by atoms with Gasteiger partial charge in [0.05, 0.1) is 5.60 Å². The molecular weight excluding hydrogens is 158 g/mol. The first-order valence-electron chi connectivity index (χ1n) is 3.98. The molecule has 0 bridgehead atoms. The number of hydrogen-bond donors (Lipinski definition) is 3. The molecule has 0 aliphatic heterocycles. The number of carboxylic acids is 1. The van der Waals surface area contributed by atoms with Gasteiger partial charge in [0, 0.05) is 6.42 Å². The highest BCUT2D eigenvalue weighted by Crippen LogP contribution is 2.21. The van der Waals surface area contributed by atoms with E-state index in [2.05, 4.69) is 0 Å². The van der Waals surface area contributed by atoms with E-state index in [-0.39, 0.29) is 12.3 Å². The van der Waals surface area contributed by atoms with Crippen molar-refractivity contribution in [2.45, 2.75) is 38.8 Å². The maximum absolute atomic E-state index is 10.4. The Bertz CT molecular complexity index is 166. The second-order valence-corrected chi connectivity index (χ2v) is 3.66. The van der Waals surface area contributed by atoms with Gasteiger partial charge in [-0.25, -0.2) is 0 Å². The highest BCUT2D eigenvalue weighted by atomic mass is 16.4. The monoisotopic (exact) mass is 175 g/mol. The lowest BCUT2D eigenvalue weighted by Gasteiger charge is -2.28. The van der Waals surface area contributed by atoms with Crippen molar-refractivity contribution in [2.75, 3.05) is 0 Å². The SMILES string of the molecule is CC(C)C(C)(O)CC(N)C(=O)O. The minimum Gasteiger partial charge on any atom is -0.480 e. The number of nitrogens with two attached hydrogens (primary N) is 1. The first kappa shape index (κ1) is 11.4. The van der Waals surface area contributed by atoms with Gasteiger partial charge in [-0.1, -0.05) is 13.8 Å². The number of carboxylic acid groups (broad SMARTS) is 1. The summed E-state index contributed by atoms with van der Waals surface area (Å²) in [6, 6.07) is -0.984. The van der Waals surface area contributed by atoms with Crippen LogP contribution in [-0.2, 0) is 4.79 Å². The number of aliphatic hydroxyl groups is 1. The largest absolute Gasteiger partial charge is 0.480 e. The van der Waals surface area contributed by atoms with Gasteiger partial charge < -0.3 is 15.9 Å². The molecule has 0 aromatic heterocycles. The molecule has 2 unspecified atom stereocenters. The van der Waals surface area contributed by atoms with Gasteiger partial charge in [0.25, 0.3) is 0 Å². The second-order valence-electron chi connectivity index (χ2n) is 3.66. The summed E-state index contributed by atoms with van der Waals surface area (Å²) in [5.74, 6) is -1.07. The van der Waals surface area contributed by atoms with Gasteiger partial charge in [0.1, 0.15) is 6.04 Å². The molecular formula is C8H17NO3. The molecule has 2 atom stereocenters. The fraction of sp³-hybridized carbons (Fsp3) is 0.875. The van der Waals surface area contributed by atoms with E-state index in [0.29, 0.717) is 0 Å². The van der Waals surface area contributed by atoms with Crippen LogP contribution in [0.5, 0.6) is 0 Å². The van der Waals surface area contributed by atoms with Crippen molar-refractivity contribution >= 4 is 5.97 Å². The lowest BCUT2D eigenvalue weighted by Crippen LogP contribution is -2.42. The molecule has 0 saturated carbocycles. The zero-order valence-corrected chi connectivity index (χ0v) is 7.74. The Morgan fingerprint density at radius 3 is 2.25 bits per heavy atom. The van der Waals surface area contributed by atoms with Crippen LogP contribution in [0.25, 0.3) is 0 Å². The molecule has 72 valence electrons. The van der Waals surface area contributed by atoms with E-state index in [1.807, 2.05) is 13.8 Å². The van der Waals surface area contributed by atoms with Crippen LogP contribution in [0.2, 0.25) is 0 Å². The van der Waals surface area contributed by atoms with Crippen molar-refractivity contribution in [3.63, 3.8) is 0 Å². The topological polar surface area (TPSA) is 83.5 Å². The summed E-state index contributed by atoms with van der Waals surface area (Å²) in [4.78, 5) is 10.4. The first-order valence-corrected chi connectivity index (χ1v) is 3.98. The third-order valence-electron chi connectivity index (χ3n) is 2.19. The van der Waals surface area contributed by atoms with E-state index in [0.717, 1.165) is 0 Å². The summed E-state index contributed by atoms with van der Waals surface area (Å²) in [6.07, 6.45) is 0.0833. The van der Waals surface area contributed by atoms with Crippen molar-refractivity contribution in [1.82, 2.24) is 0 Å². The summed E-state index contributed by atoms with van der Waals surface area (Å²) in [6.45, 7) is 5.25. The smallest absolute Gasteiger partial charge is 0.320 e. The molecule has 0 aromatic rings. The average Bonchev–Trinajstić information content (AvgIpc) is 1.85. The van der Waals surface area contributed by atoms with Crippen molar-refractivity contribution in [3.05, 3.63) is 0 Å². The van der Waals surface area contributed by atoms with Crippen LogP contribution in [0.4, 0.5) is 0 Å². The van der Waals surface area contributed by atoms with Gasteiger partial charge in [-0.05, 0) is 12.8 Å². The minimum absolute atomic E-state index is 0.00269. The maximum atomic E-state index is 10.4. The minimum atomic E-state index is -1.07. The zero-order valence-electron chi connectivity index (χ0n) is 7.74. The summed E-state index contributed by atoms with van der Waals surface area (Å²) >= 11 is 0. The third kappa shape index (κ3) is 3.19. The Morgan fingerprint density at radius 1 is 1.58 bits per heavy atom. The summed E-state index contributed by atoms with van der Waals surface area (Å²) < 4.78 is 0. The molecule has 4 N–H and O–H groups in total. The van der Waals surface area contributed by atoms with Crippen LogP contribution < -0.4 is 5.73 Å². The Hall–Kier alpha value is -0.610. The van der Waals surface area contributed by atoms with E-state index in [9.17, 15) is 9.90 Å². The molecule has 0 aliphatic rings. The maximum Gasteiger partial charge on any atom is 0.320 e. The van der Waals surface area contributed by atoms with Crippen LogP contribution in [-0.4, -0.2) is 27.8 Å². The van der Waals surface area contributed by atoms with Crippen LogP contribution >= 0.6 is 0 Å². The predicted molar refractivity (Wildman–Crippen MR) is 45.7 cm³/mol. The molecule has 0 amide bonds. The van der Waals surface area contributed by atoms with Crippen LogP contribution in [0.1, 0.15) is 27.2 Å². The molecule has 0 aliphatic carbocycles. The fourth-order valence-electron chi connectivity index (χ4n) is 0.768. The average molecular weight is 175 g/mol. The summed E-state index contributed by atoms with van der Waals surface area (Å²) in [7, 11) is 0. The molecule has 0 saturated heterocycles. The lowest BCUT2D eigenvalue weighted by molar-refractivity contribution is -0.140. The highest BCUT2D eigenvalue weighted by Gasteiger charge is 2.29. The summed E-state index contributed by atoms with van der Waals surface area (Å²) in [5, 5.41) is 18.2. The quantitative estimate of drug-likeness (QED) is 0.569. The highest BCUT2D eigenvalue weighted by molar-refractivity contribution is 5.73. The zero-order chi connectivity index (χ0) is 9.94. The molecule has 0 heterocycles. The van der Waals surface area contributed by atoms with Gasteiger partial charge in [-0.3, -0.25) is 4.79 Å². The van der Waals surface area contributed by atoms with Crippen molar-refractivity contribution < 1.29 is 15.0 Å². The fourth-order valence-corrected chi connectivity index (χ4v) is 0.768. The van der Waals surface area contributed by atoms with Crippen LogP contribution in [0.3, 0.4) is 0 Å². The molecule has 0 aromatic carbocycles. The number of hydrogen-bond acceptors (Lipinski definition) is 3. The van der Waals surface area contributed by atoms with Crippen molar-refractivity contribution in [3.8, 4) is 0 Å². The first-order chi connectivity index (χ1) is 5.27. The van der Waals surface area contributed by atoms with Gasteiger partial charge in [-0.15, -0.1) is 0 Å². The summed E-state index contributed by atoms with van der Waals surface area (Å²) in [5.41, 5.74) is 4.28. The van der Waals surface area contributed by atoms with Crippen molar-refractivity contribution in [2.24, 2.45) is 11.7 Å². The Morgan fingerprint density at radius 2 is 2.00 bits per heavy atom. The molecule has 12 heavy (non-hydrogen) atoms. The molecule has 4 heteroatoms. The van der Waals surface area contributed by atoms with Crippen LogP contribution in [0.15, 0.2) is 0 Å². The normalized spacial score (nSPS) is 18.8. The van der Waals surface area contributed by atoms with E-state index in [1.165, 1.54) is 0 Å². The van der Waals surface area contributed by atoms with E-state index >= 15 is 0 Å². The van der Waals surface area contributed by atoms with Gasteiger partial charge >= 0.3 is 5.97 Å². The predicted octanol–water partition coefficient (Wildman–Crippen LogP) is 0.195. The van der Waals surface area contributed by atoms with E-state index < -0.39 is 17.6 Å². The Labute approximate surface area is 72.4 Å². The van der Waals surface area contributed by atoms with Crippen molar-refractivity contribution in [1.29, 1.82) is 0 Å². The number of rotatable bonds is 4. The van der Waals surface area contributed by atoms with Gasteiger partial charge in [0.15, 0.2) is 0 Å². The number of aliphatic carboxylic acids is 1. The second kappa shape index (κ2) is 3.87. The van der Waals surface area contributed by atoms with E-state index in [4.69, 9.17) is 10.8 Å². The number of carbonyl (C=O) groups is 1. The lowest BCUT2D eigenvalue weighted by atomic mass is 9.86. The standard InChI is InChI=1S/C8H17NO3/c1-5(2)8(3,12)4-6(9)7(10)11/h5-6,12H,4,9H2,1-3H3,(H,10,11). The third-order valence-corrected chi connectivity index (χ3v) is 2.19. The van der Waals surface area contributed by atoms with Gasteiger partial charge in [0.2, 0.25) is 0 Å². The molecule has 0 radical (unpaired) electrons. The van der Waals surface area contributed by atoms with Gasteiger partial charge in [-0.2, -0.15) is 0 Å². The molecule has 0 rings (SSSR count).